The Morgan fingerprint density at radius 1 is 1.30 bits per heavy atom. The summed E-state index contributed by atoms with van der Waals surface area (Å²) in [4.78, 5) is 11.7. The van der Waals surface area contributed by atoms with Gasteiger partial charge in [-0.15, -0.1) is 0 Å². The van der Waals surface area contributed by atoms with E-state index in [2.05, 4.69) is 0 Å². The third kappa shape index (κ3) is 4.23. The van der Waals surface area contributed by atoms with Gasteiger partial charge in [0, 0.05) is 0 Å². The van der Waals surface area contributed by atoms with Crippen LogP contribution in [0.1, 0.15) is 32.3 Å². The van der Waals surface area contributed by atoms with Crippen LogP contribution in [0.2, 0.25) is 0 Å². The zero-order valence-electron chi connectivity index (χ0n) is 12.7. The molecule has 0 saturated carbocycles. The van der Waals surface area contributed by atoms with E-state index in [-0.39, 0.29) is 5.97 Å². The molecular formula is C16H24O4. The molecule has 112 valence electrons. The molecule has 4 nitrogen and oxygen atoms in total. The Hall–Kier alpha value is -1.55. The lowest BCUT2D eigenvalue weighted by Crippen LogP contribution is -2.40. The number of benzene rings is 1. The smallest absolute Gasteiger partial charge is 0.311 e. The molecular weight excluding hydrogens is 256 g/mol. The van der Waals surface area contributed by atoms with Crippen molar-refractivity contribution in [1.82, 2.24) is 0 Å². The van der Waals surface area contributed by atoms with Crippen molar-refractivity contribution in [2.75, 3.05) is 14.2 Å². The highest BCUT2D eigenvalue weighted by molar-refractivity contribution is 5.73. The molecule has 0 bridgehead atoms. The number of ether oxygens (including phenoxy) is 2. The Labute approximate surface area is 120 Å². The summed E-state index contributed by atoms with van der Waals surface area (Å²) in [5.74, 6) is -0.0421. The summed E-state index contributed by atoms with van der Waals surface area (Å²) in [5, 5.41) is 10.5. The lowest BCUT2D eigenvalue weighted by Gasteiger charge is -2.30. The van der Waals surface area contributed by atoms with E-state index in [1.54, 1.807) is 14.0 Å². The topological polar surface area (TPSA) is 55.8 Å². The van der Waals surface area contributed by atoms with Crippen LogP contribution in [-0.4, -0.2) is 30.9 Å². The van der Waals surface area contributed by atoms with Crippen molar-refractivity contribution < 1.29 is 19.4 Å². The molecule has 4 heteroatoms. The summed E-state index contributed by atoms with van der Waals surface area (Å²) < 4.78 is 9.86. The van der Waals surface area contributed by atoms with Crippen molar-refractivity contribution in [2.45, 2.75) is 38.7 Å². The van der Waals surface area contributed by atoms with Gasteiger partial charge < -0.3 is 14.6 Å². The molecule has 1 aromatic carbocycles. The van der Waals surface area contributed by atoms with Crippen LogP contribution < -0.4 is 4.74 Å². The minimum absolute atomic E-state index is 0.354. The number of carbonyl (C=O) groups is 1. The number of hydrogen-bond acceptors (Lipinski definition) is 4. The van der Waals surface area contributed by atoms with Gasteiger partial charge in [-0.25, -0.2) is 0 Å². The lowest BCUT2D eigenvalue weighted by atomic mass is 9.82. The van der Waals surface area contributed by atoms with Crippen LogP contribution in [0.4, 0.5) is 0 Å². The second-order valence-electron chi connectivity index (χ2n) is 5.19. The van der Waals surface area contributed by atoms with Gasteiger partial charge in [0.2, 0.25) is 0 Å². The van der Waals surface area contributed by atoms with Gasteiger partial charge in [0.15, 0.2) is 0 Å². The van der Waals surface area contributed by atoms with Gasteiger partial charge in [-0.2, -0.15) is 0 Å². The van der Waals surface area contributed by atoms with Crippen LogP contribution in [0.5, 0.6) is 5.75 Å². The Balaban J connectivity index is 2.67. The Morgan fingerprint density at radius 2 is 1.90 bits per heavy atom. The molecule has 0 fully saturated rings. The molecule has 0 aliphatic heterocycles. The van der Waals surface area contributed by atoms with E-state index in [0.717, 1.165) is 11.3 Å². The molecule has 0 radical (unpaired) electrons. The van der Waals surface area contributed by atoms with Gasteiger partial charge in [0.1, 0.15) is 5.75 Å². The maximum absolute atomic E-state index is 11.7. The van der Waals surface area contributed by atoms with Crippen molar-refractivity contribution in [3.8, 4) is 5.75 Å². The zero-order valence-corrected chi connectivity index (χ0v) is 12.7. The lowest BCUT2D eigenvalue weighted by molar-refractivity contribution is -0.155. The Morgan fingerprint density at radius 3 is 2.35 bits per heavy atom. The van der Waals surface area contributed by atoms with Crippen LogP contribution in [-0.2, 0) is 16.0 Å². The fourth-order valence-electron chi connectivity index (χ4n) is 2.37. The minimum Gasteiger partial charge on any atom is -0.497 e. The van der Waals surface area contributed by atoms with Gasteiger partial charge in [0.05, 0.1) is 25.7 Å². The average molecular weight is 280 g/mol. The normalized spacial score (nSPS) is 15.2. The fraction of sp³-hybridized carbons (Fsp3) is 0.562. The molecule has 1 N–H and O–H groups in total. The summed E-state index contributed by atoms with van der Waals surface area (Å²) in [6.07, 6.45) is 1.76. The first kappa shape index (κ1) is 16.5. The van der Waals surface area contributed by atoms with E-state index in [4.69, 9.17) is 9.47 Å². The summed E-state index contributed by atoms with van der Waals surface area (Å²) in [6.45, 7) is 3.57. The highest BCUT2D eigenvalue weighted by Crippen LogP contribution is 2.27. The summed E-state index contributed by atoms with van der Waals surface area (Å²) >= 11 is 0. The Bertz CT molecular complexity index is 423. The van der Waals surface area contributed by atoms with Crippen LogP contribution >= 0.6 is 0 Å². The molecule has 1 aromatic rings. The van der Waals surface area contributed by atoms with E-state index in [9.17, 15) is 9.90 Å². The van der Waals surface area contributed by atoms with E-state index in [1.807, 2.05) is 31.2 Å². The molecule has 2 atom stereocenters. The van der Waals surface area contributed by atoms with Crippen LogP contribution in [0.25, 0.3) is 0 Å². The third-order valence-corrected chi connectivity index (χ3v) is 3.72. The summed E-state index contributed by atoms with van der Waals surface area (Å²) in [7, 11) is 2.98. The third-order valence-electron chi connectivity index (χ3n) is 3.72. The number of methoxy groups -OCH3 is 2. The largest absolute Gasteiger partial charge is 0.497 e. The monoisotopic (exact) mass is 280 g/mol. The Kier molecular flexibility index (Phi) is 6.02. The maximum atomic E-state index is 11.7. The van der Waals surface area contributed by atoms with E-state index in [0.29, 0.717) is 19.3 Å². The number of rotatable bonds is 7. The average Bonchev–Trinajstić information content (AvgIpc) is 2.46. The van der Waals surface area contributed by atoms with Gasteiger partial charge in [-0.05, 0) is 43.9 Å². The summed E-state index contributed by atoms with van der Waals surface area (Å²) in [6, 6.07) is 7.71. The highest BCUT2D eigenvalue weighted by Gasteiger charge is 2.36. The zero-order chi connectivity index (χ0) is 15.2. The van der Waals surface area contributed by atoms with Crippen molar-refractivity contribution in [2.24, 2.45) is 5.92 Å². The fourth-order valence-corrected chi connectivity index (χ4v) is 2.37. The summed E-state index contributed by atoms with van der Waals surface area (Å²) in [5.41, 5.74) is 0.0349. The predicted octanol–water partition coefficient (Wildman–Crippen LogP) is 2.58. The first-order valence-electron chi connectivity index (χ1n) is 6.87. The maximum Gasteiger partial charge on any atom is 0.311 e. The van der Waals surface area contributed by atoms with Crippen LogP contribution in [0, 0.1) is 5.92 Å². The van der Waals surface area contributed by atoms with Gasteiger partial charge in [0.25, 0.3) is 0 Å². The minimum atomic E-state index is -1.07. The van der Waals surface area contributed by atoms with Gasteiger partial charge >= 0.3 is 5.97 Å². The van der Waals surface area contributed by atoms with E-state index >= 15 is 0 Å². The molecule has 2 unspecified atom stereocenters. The first-order valence-corrected chi connectivity index (χ1v) is 6.87. The quantitative estimate of drug-likeness (QED) is 0.780. The molecule has 0 saturated heterocycles. The standard InChI is InChI=1S/C16H24O4/c1-5-14(15(17)20-4)16(2,18)11-10-12-6-8-13(19-3)9-7-12/h6-9,14,18H,5,10-11H2,1-4H3. The van der Waals surface area contributed by atoms with Crippen molar-refractivity contribution in [3.63, 3.8) is 0 Å². The SMILES string of the molecule is CCC(C(=O)OC)C(C)(O)CCc1ccc(OC)cc1. The molecule has 20 heavy (non-hydrogen) atoms. The number of aliphatic hydroxyl groups is 1. The number of hydrogen-bond donors (Lipinski definition) is 1. The van der Waals surface area contributed by atoms with E-state index < -0.39 is 11.5 Å². The molecule has 0 aromatic heterocycles. The number of aryl methyl sites for hydroxylation is 1. The van der Waals surface area contributed by atoms with Crippen LogP contribution in [0.3, 0.4) is 0 Å². The first-order chi connectivity index (χ1) is 9.44. The molecule has 0 heterocycles. The molecule has 0 aliphatic rings. The second kappa shape index (κ2) is 7.29. The number of esters is 1. The van der Waals surface area contributed by atoms with Crippen LogP contribution in [0.15, 0.2) is 24.3 Å². The van der Waals surface area contributed by atoms with Gasteiger partial charge in [-0.3, -0.25) is 4.79 Å². The van der Waals surface area contributed by atoms with E-state index in [1.165, 1.54) is 7.11 Å². The van der Waals surface area contributed by atoms with Crippen molar-refractivity contribution in [3.05, 3.63) is 29.8 Å². The molecule has 0 aliphatic carbocycles. The molecule has 1 rings (SSSR count). The van der Waals surface area contributed by atoms with Crippen molar-refractivity contribution >= 4 is 5.97 Å². The number of carbonyl (C=O) groups excluding carboxylic acids is 1. The molecule has 0 spiro atoms. The predicted molar refractivity (Wildman–Crippen MR) is 77.7 cm³/mol. The van der Waals surface area contributed by atoms with Crippen molar-refractivity contribution in [1.29, 1.82) is 0 Å². The second-order valence-corrected chi connectivity index (χ2v) is 5.19. The highest BCUT2D eigenvalue weighted by atomic mass is 16.5. The van der Waals surface area contributed by atoms with Gasteiger partial charge in [-0.1, -0.05) is 19.1 Å². The molecule has 0 amide bonds.